The Hall–Kier alpha value is -4.79. The lowest BCUT2D eigenvalue weighted by Gasteiger charge is -2.08. The number of benzene rings is 2. The molecule has 2 aromatic rings. The summed E-state index contributed by atoms with van der Waals surface area (Å²) in [7, 11) is 0. The second kappa shape index (κ2) is 9.61. The van der Waals surface area contributed by atoms with Gasteiger partial charge >= 0.3 is 5.97 Å². The summed E-state index contributed by atoms with van der Waals surface area (Å²) >= 11 is 0. The number of nitrogens with one attached hydrogen (secondary N) is 1. The number of aliphatic hydroxyl groups is 1. The van der Waals surface area contributed by atoms with E-state index in [2.05, 4.69) is 10.1 Å². The lowest BCUT2D eigenvalue weighted by atomic mass is 10.1. The number of nitro benzene ring substituents is 2. The summed E-state index contributed by atoms with van der Waals surface area (Å²) in [5, 5.41) is 43.5. The molecule has 2 N–H and O–H groups in total. The van der Waals surface area contributed by atoms with Crippen LogP contribution in [0.3, 0.4) is 0 Å². The molecular formula is C19H14N4O8. The topological polar surface area (TPSA) is 186 Å². The number of anilines is 1. The number of nitriles is 1. The molecule has 0 bridgehead atoms. The first-order valence-corrected chi connectivity index (χ1v) is 8.54. The summed E-state index contributed by atoms with van der Waals surface area (Å²) in [6.45, 7) is 1.55. The van der Waals surface area contributed by atoms with E-state index < -0.39 is 50.0 Å². The van der Waals surface area contributed by atoms with Gasteiger partial charge in [-0.25, -0.2) is 4.79 Å². The standard InChI is InChI=1S/C19H14N4O8/c1-2-31-19(26)15(10-20)17(24)11-3-5-12(6-4-11)21-18(25)14-8-7-13(22(27)28)9-16(14)23(29)30/h3-9,24H,2H2,1H3,(H,21,25)/b17-15+. The second-order valence-corrected chi connectivity index (χ2v) is 5.80. The number of nitro groups is 2. The van der Waals surface area contributed by atoms with E-state index in [-0.39, 0.29) is 17.9 Å². The van der Waals surface area contributed by atoms with Crippen molar-refractivity contribution < 1.29 is 29.3 Å². The van der Waals surface area contributed by atoms with Gasteiger partial charge in [-0.05, 0) is 37.3 Å². The van der Waals surface area contributed by atoms with Gasteiger partial charge in [-0.2, -0.15) is 5.26 Å². The van der Waals surface area contributed by atoms with Crippen LogP contribution in [-0.4, -0.2) is 33.4 Å². The molecule has 0 aliphatic carbocycles. The van der Waals surface area contributed by atoms with Crippen molar-refractivity contribution in [3.63, 3.8) is 0 Å². The van der Waals surface area contributed by atoms with Crippen molar-refractivity contribution >= 4 is 34.7 Å². The average Bonchev–Trinajstić information content (AvgIpc) is 2.74. The number of nitrogens with zero attached hydrogens (tertiary/aromatic N) is 3. The highest BCUT2D eigenvalue weighted by Crippen LogP contribution is 2.26. The highest BCUT2D eigenvalue weighted by atomic mass is 16.6. The molecule has 0 heterocycles. The van der Waals surface area contributed by atoms with E-state index in [1.807, 2.05) is 0 Å². The first kappa shape index (κ1) is 22.5. The molecule has 0 unspecified atom stereocenters. The summed E-state index contributed by atoms with van der Waals surface area (Å²) in [5.41, 5.74) is -2.01. The molecule has 0 fully saturated rings. The largest absolute Gasteiger partial charge is 0.506 e. The molecule has 31 heavy (non-hydrogen) atoms. The fourth-order valence-electron chi connectivity index (χ4n) is 2.43. The smallest absolute Gasteiger partial charge is 0.352 e. The Morgan fingerprint density at radius 2 is 1.77 bits per heavy atom. The van der Waals surface area contributed by atoms with Crippen LogP contribution >= 0.6 is 0 Å². The molecule has 0 aliphatic heterocycles. The molecular weight excluding hydrogens is 412 g/mol. The Labute approximate surface area is 174 Å². The summed E-state index contributed by atoms with van der Waals surface area (Å²) in [4.78, 5) is 44.3. The molecule has 2 aromatic carbocycles. The Kier molecular flexibility index (Phi) is 6.98. The summed E-state index contributed by atoms with van der Waals surface area (Å²) in [6.07, 6.45) is 0. The van der Waals surface area contributed by atoms with Crippen LogP contribution in [0, 0.1) is 31.6 Å². The fourth-order valence-corrected chi connectivity index (χ4v) is 2.43. The van der Waals surface area contributed by atoms with E-state index >= 15 is 0 Å². The number of rotatable bonds is 7. The van der Waals surface area contributed by atoms with Gasteiger partial charge in [-0.1, -0.05) is 0 Å². The predicted molar refractivity (Wildman–Crippen MR) is 106 cm³/mol. The monoisotopic (exact) mass is 426 g/mol. The number of ether oxygens (including phenoxy) is 1. The van der Waals surface area contributed by atoms with E-state index in [0.717, 1.165) is 12.1 Å². The minimum atomic E-state index is -0.995. The summed E-state index contributed by atoms with van der Waals surface area (Å²) in [6, 6.07) is 9.40. The van der Waals surface area contributed by atoms with Gasteiger partial charge in [0.15, 0.2) is 5.57 Å². The third kappa shape index (κ3) is 5.18. The van der Waals surface area contributed by atoms with Crippen molar-refractivity contribution in [2.45, 2.75) is 6.92 Å². The normalized spacial score (nSPS) is 11.0. The van der Waals surface area contributed by atoms with Gasteiger partial charge in [0, 0.05) is 17.3 Å². The minimum absolute atomic E-state index is 0.0110. The third-order valence-corrected chi connectivity index (χ3v) is 3.88. The molecule has 0 aromatic heterocycles. The van der Waals surface area contributed by atoms with Crippen molar-refractivity contribution in [2.75, 3.05) is 11.9 Å². The first-order valence-electron chi connectivity index (χ1n) is 8.54. The van der Waals surface area contributed by atoms with Gasteiger partial charge in [-0.3, -0.25) is 25.0 Å². The highest BCUT2D eigenvalue weighted by Gasteiger charge is 2.24. The SMILES string of the molecule is CCOC(=O)/C(C#N)=C(/O)c1ccc(NC(=O)c2ccc([N+](=O)[O-])cc2[N+](=O)[O-])cc1. The van der Waals surface area contributed by atoms with Crippen molar-refractivity contribution in [1.29, 1.82) is 5.26 Å². The molecule has 0 saturated carbocycles. The van der Waals surface area contributed by atoms with Crippen molar-refractivity contribution in [3.05, 3.63) is 79.4 Å². The number of hydrogen-bond acceptors (Lipinski definition) is 9. The Morgan fingerprint density at radius 1 is 1.13 bits per heavy atom. The Morgan fingerprint density at radius 3 is 2.29 bits per heavy atom. The van der Waals surface area contributed by atoms with Crippen LogP contribution in [0.5, 0.6) is 0 Å². The van der Waals surface area contributed by atoms with Gasteiger partial charge in [0.05, 0.1) is 22.5 Å². The first-order chi connectivity index (χ1) is 14.7. The Balaban J connectivity index is 2.29. The van der Waals surface area contributed by atoms with Crippen LogP contribution in [-0.2, 0) is 9.53 Å². The molecule has 0 aliphatic rings. The van der Waals surface area contributed by atoms with Crippen LogP contribution < -0.4 is 5.32 Å². The van der Waals surface area contributed by atoms with Crippen LogP contribution in [0.25, 0.3) is 5.76 Å². The summed E-state index contributed by atoms with van der Waals surface area (Å²) in [5.74, 6) is -2.51. The molecule has 12 nitrogen and oxygen atoms in total. The molecule has 158 valence electrons. The number of non-ortho nitro benzene ring substituents is 1. The number of amides is 1. The Bertz CT molecular complexity index is 1130. The molecule has 0 radical (unpaired) electrons. The molecule has 12 heteroatoms. The number of carbonyl (C=O) groups is 2. The van der Waals surface area contributed by atoms with E-state index in [0.29, 0.717) is 6.07 Å². The van der Waals surface area contributed by atoms with Crippen LogP contribution in [0.1, 0.15) is 22.8 Å². The number of aliphatic hydroxyl groups excluding tert-OH is 1. The molecule has 0 spiro atoms. The zero-order chi connectivity index (χ0) is 23.1. The second-order valence-electron chi connectivity index (χ2n) is 5.80. The maximum atomic E-state index is 12.4. The van der Waals surface area contributed by atoms with E-state index in [9.17, 15) is 34.9 Å². The third-order valence-electron chi connectivity index (χ3n) is 3.88. The fraction of sp³-hybridized carbons (Fsp3) is 0.105. The predicted octanol–water partition coefficient (Wildman–Crippen LogP) is 3.11. The van der Waals surface area contributed by atoms with Crippen molar-refractivity contribution in [1.82, 2.24) is 0 Å². The molecule has 0 atom stereocenters. The van der Waals surface area contributed by atoms with Crippen LogP contribution in [0.2, 0.25) is 0 Å². The van der Waals surface area contributed by atoms with Gasteiger partial charge in [0.25, 0.3) is 17.3 Å². The molecule has 0 saturated heterocycles. The van der Waals surface area contributed by atoms with Crippen LogP contribution in [0.4, 0.5) is 17.1 Å². The number of esters is 1. The minimum Gasteiger partial charge on any atom is -0.506 e. The quantitative estimate of drug-likeness (QED) is 0.167. The molecule has 1 amide bonds. The maximum Gasteiger partial charge on any atom is 0.352 e. The lowest BCUT2D eigenvalue weighted by molar-refractivity contribution is -0.394. The van der Waals surface area contributed by atoms with Crippen LogP contribution in [0.15, 0.2) is 48.0 Å². The van der Waals surface area contributed by atoms with Gasteiger partial charge < -0.3 is 15.2 Å². The van der Waals surface area contributed by atoms with E-state index in [1.54, 1.807) is 6.07 Å². The average molecular weight is 426 g/mol. The number of hydrogen-bond donors (Lipinski definition) is 2. The number of carbonyl (C=O) groups excluding carboxylic acids is 2. The van der Waals surface area contributed by atoms with Gasteiger partial charge in [0.2, 0.25) is 0 Å². The van der Waals surface area contributed by atoms with E-state index in [4.69, 9.17) is 5.26 Å². The van der Waals surface area contributed by atoms with E-state index in [1.165, 1.54) is 31.2 Å². The van der Waals surface area contributed by atoms with Gasteiger partial charge in [0.1, 0.15) is 17.4 Å². The highest BCUT2D eigenvalue weighted by molar-refractivity contribution is 6.07. The lowest BCUT2D eigenvalue weighted by Crippen LogP contribution is -2.14. The zero-order valence-corrected chi connectivity index (χ0v) is 15.9. The summed E-state index contributed by atoms with van der Waals surface area (Å²) < 4.78 is 4.68. The van der Waals surface area contributed by atoms with Gasteiger partial charge in [-0.15, -0.1) is 0 Å². The van der Waals surface area contributed by atoms with Crippen molar-refractivity contribution in [2.24, 2.45) is 0 Å². The maximum absolute atomic E-state index is 12.4. The van der Waals surface area contributed by atoms with Crippen molar-refractivity contribution in [3.8, 4) is 6.07 Å². The molecule has 2 rings (SSSR count). The zero-order valence-electron chi connectivity index (χ0n) is 15.9.